The number of likely N-dealkylation sites (tertiary alicyclic amines) is 1. The van der Waals surface area contributed by atoms with E-state index in [0.29, 0.717) is 11.8 Å². The van der Waals surface area contributed by atoms with Crippen molar-refractivity contribution in [1.29, 1.82) is 0 Å². The molecule has 0 aromatic carbocycles. The maximum atomic E-state index is 11.8. The molecule has 1 fully saturated rings. The molecular formula is C11H21NO. The van der Waals surface area contributed by atoms with Crippen LogP contribution in [0.15, 0.2) is 0 Å². The molecule has 2 heteroatoms. The summed E-state index contributed by atoms with van der Waals surface area (Å²) in [6.07, 6.45) is 2.25. The zero-order chi connectivity index (χ0) is 10.0. The van der Waals surface area contributed by atoms with Crippen LogP contribution in [0.25, 0.3) is 0 Å². The summed E-state index contributed by atoms with van der Waals surface area (Å²) >= 11 is 0. The van der Waals surface area contributed by atoms with Crippen LogP contribution in [0.4, 0.5) is 0 Å². The van der Waals surface area contributed by atoms with Crippen LogP contribution in [0.3, 0.4) is 0 Å². The van der Waals surface area contributed by atoms with Crippen molar-refractivity contribution < 1.29 is 4.79 Å². The Bertz CT molecular complexity index is 187. The summed E-state index contributed by atoms with van der Waals surface area (Å²) in [7, 11) is 0. The molecule has 0 amide bonds. The molecule has 1 atom stereocenters. The van der Waals surface area contributed by atoms with Gasteiger partial charge in [-0.1, -0.05) is 13.8 Å². The van der Waals surface area contributed by atoms with Crippen LogP contribution in [-0.4, -0.2) is 29.3 Å². The van der Waals surface area contributed by atoms with Gasteiger partial charge in [0.2, 0.25) is 0 Å². The first-order chi connectivity index (χ1) is 6.04. The predicted molar refractivity (Wildman–Crippen MR) is 54.7 cm³/mol. The Kier molecular flexibility index (Phi) is 3.48. The maximum Gasteiger partial charge on any atom is 0.152 e. The molecule has 1 aliphatic heterocycles. The Balaban J connectivity index is 2.63. The molecule has 0 spiro atoms. The van der Waals surface area contributed by atoms with E-state index in [0.717, 1.165) is 13.0 Å². The van der Waals surface area contributed by atoms with Gasteiger partial charge in [-0.05, 0) is 33.2 Å². The van der Waals surface area contributed by atoms with E-state index in [1.165, 1.54) is 6.42 Å². The first kappa shape index (κ1) is 10.7. The Morgan fingerprint density at radius 1 is 1.31 bits per heavy atom. The summed E-state index contributed by atoms with van der Waals surface area (Å²) in [4.78, 5) is 14.2. The van der Waals surface area contributed by atoms with Gasteiger partial charge in [-0.25, -0.2) is 0 Å². The lowest BCUT2D eigenvalue weighted by molar-refractivity contribution is -0.126. The highest BCUT2D eigenvalue weighted by Gasteiger charge is 2.32. The number of ketones is 1. The summed E-state index contributed by atoms with van der Waals surface area (Å²) in [5.74, 6) is 0.607. The van der Waals surface area contributed by atoms with Crippen LogP contribution < -0.4 is 0 Å². The minimum absolute atomic E-state index is 0.185. The van der Waals surface area contributed by atoms with E-state index in [4.69, 9.17) is 0 Å². The number of carbonyl (C=O) groups is 1. The summed E-state index contributed by atoms with van der Waals surface area (Å²) in [6.45, 7) is 9.44. The first-order valence-electron chi connectivity index (χ1n) is 5.33. The molecule has 1 saturated heterocycles. The van der Waals surface area contributed by atoms with E-state index in [1.54, 1.807) is 0 Å². The average molecular weight is 183 g/mol. The fraction of sp³-hybridized carbons (Fsp3) is 0.909. The van der Waals surface area contributed by atoms with Crippen LogP contribution in [0.1, 0.15) is 40.5 Å². The Morgan fingerprint density at radius 2 is 1.92 bits per heavy atom. The lowest BCUT2D eigenvalue weighted by atomic mass is 9.99. The second-order valence-electron chi connectivity index (χ2n) is 4.55. The van der Waals surface area contributed by atoms with Crippen LogP contribution >= 0.6 is 0 Å². The monoisotopic (exact) mass is 183 g/mol. The van der Waals surface area contributed by atoms with Crippen LogP contribution in [0.2, 0.25) is 0 Å². The second-order valence-corrected chi connectivity index (χ2v) is 4.55. The molecule has 1 heterocycles. The van der Waals surface area contributed by atoms with E-state index in [9.17, 15) is 4.79 Å². The van der Waals surface area contributed by atoms with E-state index >= 15 is 0 Å². The van der Waals surface area contributed by atoms with Crippen molar-refractivity contribution in [2.45, 2.75) is 52.6 Å². The fourth-order valence-corrected chi connectivity index (χ4v) is 2.10. The fourth-order valence-electron chi connectivity index (χ4n) is 2.10. The molecule has 1 rings (SSSR count). The van der Waals surface area contributed by atoms with E-state index in [1.807, 2.05) is 13.8 Å². The van der Waals surface area contributed by atoms with Crippen molar-refractivity contribution in [3.63, 3.8) is 0 Å². The van der Waals surface area contributed by atoms with Gasteiger partial charge < -0.3 is 0 Å². The van der Waals surface area contributed by atoms with Crippen LogP contribution in [0, 0.1) is 5.92 Å². The Labute approximate surface area is 81.3 Å². The molecule has 0 aliphatic carbocycles. The standard InChI is InChI=1S/C11H21NO/c1-8(2)11(13)10-6-5-7-12(10)9(3)4/h8-10H,5-7H2,1-4H3/t10-/m1/s1. The van der Waals surface area contributed by atoms with Crippen molar-refractivity contribution in [2.75, 3.05) is 6.54 Å². The third-order valence-corrected chi connectivity index (χ3v) is 2.85. The summed E-state index contributed by atoms with van der Waals surface area (Å²) in [5, 5.41) is 0. The molecule has 0 bridgehead atoms. The highest BCUT2D eigenvalue weighted by atomic mass is 16.1. The predicted octanol–water partition coefficient (Wildman–Crippen LogP) is 2.08. The molecular weight excluding hydrogens is 162 g/mol. The molecule has 13 heavy (non-hydrogen) atoms. The van der Waals surface area contributed by atoms with Crippen molar-refractivity contribution in [2.24, 2.45) is 5.92 Å². The van der Waals surface area contributed by atoms with Gasteiger partial charge in [-0.2, -0.15) is 0 Å². The normalized spacial score (nSPS) is 24.6. The lowest BCUT2D eigenvalue weighted by Gasteiger charge is -2.28. The Hall–Kier alpha value is -0.370. The van der Waals surface area contributed by atoms with Gasteiger partial charge in [0.25, 0.3) is 0 Å². The van der Waals surface area contributed by atoms with Gasteiger partial charge >= 0.3 is 0 Å². The molecule has 2 nitrogen and oxygen atoms in total. The molecule has 0 N–H and O–H groups in total. The minimum atomic E-state index is 0.185. The van der Waals surface area contributed by atoms with E-state index < -0.39 is 0 Å². The SMILES string of the molecule is CC(C)C(=O)[C@H]1CCCN1C(C)C. The van der Waals surface area contributed by atoms with Crippen molar-refractivity contribution >= 4 is 5.78 Å². The van der Waals surface area contributed by atoms with E-state index in [2.05, 4.69) is 18.7 Å². The molecule has 0 saturated carbocycles. The smallest absolute Gasteiger partial charge is 0.152 e. The van der Waals surface area contributed by atoms with Crippen molar-refractivity contribution in [3.05, 3.63) is 0 Å². The summed E-state index contributed by atoms with van der Waals surface area (Å²) < 4.78 is 0. The highest BCUT2D eigenvalue weighted by Crippen LogP contribution is 2.22. The topological polar surface area (TPSA) is 20.3 Å². The Morgan fingerprint density at radius 3 is 2.38 bits per heavy atom. The molecule has 76 valence electrons. The molecule has 1 aliphatic rings. The van der Waals surface area contributed by atoms with Gasteiger partial charge in [0, 0.05) is 12.0 Å². The third kappa shape index (κ3) is 2.31. The number of hydrogen-bond donors (Lipinski definition) is 0. The minimum Gasteiger partial charge on any atom is -0.298 e. The highest BCUT2D eigenvalue weighted by molar-refractivity contribution is 5.86. The number of carbonyl (C=O) groups excluding carboxylic acids is 1. The summed E-state index contributed by atoms with van der Waals surface area (Å²) in [6, 6.07) is 0.718. The first-order valence-corrected chi connectivity index (χ1v) is 5.33. The van der Waals surface area contributed by atoms with E-state index in [-0.39, 0.29) is 12.0 Å². The largest absolute Gasteiger partial charge is 0.298 e. The maximum absolute atomic E-state index is 11.8. The number of Topliss-reactive ketones (excluding diaryl/α,β-unsaturated/α-hetero) is 1. The van der Waals surface area contributed by atoms with Crippen LogP contribution in [0.5, 0.6) is 0 Å². The number of rotatable bonds is 3. The van der Waals surface area contributed by atoms with Crippen LogP contribution in [-0.2, 0) is 4.79 Å². The zero-order valence-electron chi connectivity index (χ0n) is 9.21. The van der Waals surface area contributed by atoms with Crippen molar-refractivity contribution in [3.8, 4) is 0 Å². The average Bonchev–Trinajstić information content (AvgIpc) is 2.50. The lowest BCUT2D eigenvalue weighted by Crippen LogP contribution is -2.42. The number of nitrogens with zero attached hydrogens (tertiary/aromatic N) is 1. The quantitative estimate of drug-likeness (QED) is 0.667. The second kappa shape index (κ2) is 4.23. The molecule has 0 aromatic rings. The molecule has 0 aromatic heterocycles. The third-order valence-electron chi connectivity index (χ3n) is 2.85. The van der Waals surface area contributed by atoms with Gasteiger partial charge in [0.05, 0.1) is 6.04 Å². The molecule has 0 radical (unpaired) electrons. The van der Waals surface area contributed by atoms with Gasteiger partial charge in [-0.15, -0.1) is 0 Å². The zero-order valence-corrected chi connectivity index (χ0v) is 9.21. The van der Waals surface area contributed by atoms with Crippen molar-refractivity contribution in [1.82, 2.24) is 4.90 Å². The van der Waals surface area contributed by atoms with Gasteiger partial charge in [0.15, 0.2) is 5.78 Å². The number of hydrogen-bond acceptors (Lipinski definition) is 2. The summed E-state index contributed by atoms with van der Waals surface area (Å²) in [5.41, 5.74) is 0. The van der Waals surface area contributed by atoms with Gasteiger partial charge in [-0.3, -0.25) is 9.69 Å². The van der Waals surface area contributed by atoms with Gasteiger partial charge in [0.1, 0.15) is 0 Å². The molecule has 0 unspecified atom stereocenters.